The van der Waals surface area contributed by atoms with Gasteiger partial charge in [0.2, 0.25) is 9.84 Å². The van der Waals surface area contributed by atoms with E-state index in [1.165, 1.54) is 0 Å². The zero-order valence-corrected chi connectivity index (χ0v) is 11.0. The molecule has 0 bridgehead atoms. The van der Waals surface area contributed by atoms with Crippen LogP contribution in [0.2, 0.25) is 0 Å². The van der Waals surface area contributed by atoms with Crippen molar-refractivity contribution in [3.8, 4) is 0 Å². The third kappa shape index (κ3) is 2.15. The number of hydrogen-bond acceptors (Lipinski definition) is 3. The molecule has 0 atom stereocenters. The van der Waals surface area contributed by atoms with Crippen molar-refractivity contribution in [1.82, 2.24) is 0 Å². The van der Waals surface area contributed by atoms with Crippen molar-refractivity contribution < 1.29 is 13.5 Å². The van der Waals surface area contributed by atoms with Gasteiger partial charge in [0.05, 0.1) is 15.4 Å². The molecule has 0 aromatic heterocycles. The van der Waals surface area contributed by atoms with Crippen LogP contribution in [0.1, 0.15) is 31.4 Å². The van der Waals surface area contributed by atoms with Crippen LogP contribution in [0, 0.1) is 6.92 Å². The van der Waals surface area contributed by atoms with Crippen molar-refractivity contribution in [2.45, 2.75) is 37.7 Å². The number of rotatable bonds is 2. The van der Waals surface area contributed by atoms with Crippen LogP contribution < -0.4 is 0 Å². The van der Waals surface area contributed by atoms with E-state index in [-0.39, 0.29) is 6.42 Å². The van der Waals surface area contributed by atoms with Crippen LogP contribution in [0.4, 0.5) is 0 Å². The van der Waals surface area contributed by atoms with E-state index in [0.29, 0.717) is 9.80 Å². The fraction of sp³-hybridized carbons (Fsp3) is 0.385. The smallest absolute Gasteiger partial charge is 0.203 e. The molecule has 0 saturated heterocycles. The highest BCUT2D eigenvalue weighted by atomic mass is 32.2. The summed E-state index contributed by atoms with van der Waals surface area (Å²) in [6.45, 7) is 5.01. The quantitative estimate of drug-likeness (QED) is 0.878. The van der Waals surface area contributed by atoms with Gasteiger partial charge < -0.3 is 5.11 Å². The first-order chi connectivity index (χ1) is 7.72. The van der Waals surface area contributed by atoms with Gasteiger partial charge in [-0.15, -0.1) is 0 Å². The van der Waals surface area contributed by atoms with E-state index in [4.69, 9.17) is 0 Å². The summed E-state index contributed by atoms with van der Waals surface area (Å²) in [6, 6.07) is 5.42. The molecule has 1 heterocycles. The Morgan fingerprint density at radius 3 is 2.47 bits per heavy atom. The molecule has 1 aromatic rings. The van der Waals surface area contributed by atoms with Gasteiger partial charge in [-0.05, 0) is 38.0 Å². The zero-order valence-electron chi connectivity index (χ0n) is 10.2. The maximum absolute atomic E-state index is 12.3. The average molecular weight is 252 g/mol. The van der Waals surface area contributed by atoms with Crippen LogP contribution in [0.25, 0.3) is 6.08 Å². The molecule has 0 amide bonds. The maximum atomic E-state index is 12.3. The van der Waals surface area contributed by atoms with Gasteiger partial charge in [0, 0.05) is 6.42 Å². The molecule has 0 aliphatic carbocycles. The molecule has 0 spiro atoms. The first kappa shape index (κ1) is 12.3. The number of hydrogen-bond donors (Lipinski definition) is 1. The molecule has 17 heavy (non-hydrogen) atoms. The summed E-state index contributed by atoms with van der Waals surface area (Å²) in [6.07, 6.45) is 1.80. The highest BCUT2D eigenvalue weighted by Gasteiger charge is 2.33. The van der Waals surface area contributed by atoms with Gasteiger partial charge in [0.15, 0.2) is 0 Å². The largest absolute Gasteiger partial charge is 0.390 e. The molecule has 0 saturated carbocycles. The van der Waals surface area contributed by atoms with E-state index < -0.39 is 15.4 Å². The molecule has 92 valence electrons. The second-order valence-electron chi connectivity index (χ2n) is 5.10. The van der Waals surface area contributed by atoms with Gasteiger partial charge in [-0.2, -0.15) is 0 Å². The van der Waals surface area contributed by atoms with E-state index in [0.717, 1.165) is 11.1 Å². The summed E-state index contributed by atoms with van der Waals surface area (Å²) < 4.78 is 24.6. The standard InChI is InChI=1S/C13H16O3S/c1-9-5-4-6-10-7-11(8-13(2,3)14)17(15,16)12(9)10/h4-7,14H,8H2,1-3H3. The van der Waals surface area contributed by atoms with Gasteiger partial charge in [-0.3, -0.25) is 0 Å². The lowest BCUT2D eigenvalue weighted by molar-refractivity contribution is 0.0829. The Labute approximate surface area is 102 Å². The maximum Gasteiger partial charge on any atom is 0.203 e. The van der Waals surface area contributed by atoms with Crippen molar-refractivity contribution in [2.24, 2.45) is 0 Å². The van der Waals surface area contributed by atoms with E-state index in [1.807, 2.05) is 6.07 Å². The van der Waals surface area contributed by atoms with Gasteiger partial charge in [0.25, 0.3) is 0 Å². The Morgan fingerprint density at radius 1 is 1.29 bits per heavy atom. The Morgan fingerprint density at radius 2 is 1.94 bits per heavy atom. The van der Waals surface area contributed by atoms with Crippen molar-refractivity contribution in [3.05, 3.63) is 34.2 Å². The Balaban J connectivity index is 2.54. The van der Waals surface area contributed by atoms with Gasteiger partial charge >= 0.3 is 0 Å². The van der Waals surface area contributed by atoms with Crippen LogP contribution >= 0.6 is 0 Å². The molecule has 0 unspecified atom stereocenters. The Hall–Kier alpha value is -1.13. The number of aryl methyl sites for hydroxylation is 1. The normalized spacial score (nSPS) is 17.8. The van der Waals surface area contributed by atoms with E-state index in [1.54, 1.807) is 39.0 Å². The summed E-state index contributed by atoms with van der Waals surface area (Å²) in [7, 11) is -3.41. The molecule has 4 heteroatoms. The lowest BCUT2D eigenvalue weighted by Gasteiger charge is -2.17. The lowest BCUT2D eigenvalue weighted by atomic mass is 10.0. The first-order valence-corrected chi connectivity index (χ1v) is 6.98. The fourth-order valence-corrected chi connectivity index (χ4v) is 4.13. The lowest BCUT2D eigenvalue weighted by Crippen LogP contribution is -2.21. The number of benzene rings is 1. The van der Waals surface area contributed by atoms with Crippen molar-refractivity contribution in [2.75, 3.05) is 0 Å². The molecule has 3 nitrogen and oxygen atoms in total. The monoisotopic (exact) mass is 252 g/mol. The molecule has 1 aromatic carbocycles. The SMILES string of the molecule is Cc1cccc2c1S(=O)(=O)C(CC(C)(C)O)=C2. The second kappa shape index (κ2) is 3.68. The molecular weight excluding hydrogens is 236 g/mol. The number of fused-ring (bicyclic) bond motifs is 1. The minimum absolute atomic E-state index is 0.142. The van der Waals surface area contributed by atoms with Crippen molar-refractivity contribution in [3.63, 3.8) is 0 Å². The van der Waals surface area contributed by atoms with E-state index in [9.17, 15) is 13.5 Å². The van der Waals surface area contributed by atoms with Crippen LogP contribution in [-0.4, -0.2) is 19.1 Å². The third-order valence-corrected chi connectivity index (χ3v) is 4.83. The van der Waals surface area contributed by atoms with Gasteiger partial charge in [0.1, 0.15) is 0 Å². The highest BCUT2D eigenvalue weighted by Crippen LogP contribution is 2.38. The van der Waals surface area contributed by atoms with E-state index >= 15 is 0 Å². The van der Waals surface area contributed by atoms with Gasteiger partial charge in [-0.1, -0.05) is 18.2 Å². The minimum Gasteiger partial charge on any atom is -0.390 e. The molecule has 1 aliphatic heterocycles. The fourth-order valence-electron chi connectivity index (χ4n) is 2.11. The predicted molar refractivity (Wildman–Crippen MR) is 67.3 cm³/mol. The van der Waals surface area contributed by atoms with Crippen molar-refractivity contribution >= 4 is 15.9 Å². The summed E-state index contributed by atoms with van der Waals surface area (Å²) >= 11 is 0. The predicted octanol–water partition coefficient (Wildman–Crippen LogP) is 2.28. The average Bonchev–Trinajstić information content (AvgIpc) is 2.37. The first-order valence-electron chi connectivity index (χ1n) is 5.49. The highest BCUT2D eigenvalue weighted by molar-refractivity contribution is 7.95. The Bertz CT molecular complexity index is 590. The summed E-state index contributed by atoms with van der Waals surface area (Å²) in [4.78, 5) is 0.688. The zero-order chi connectivity index (χ0) is 12.8. The second-order valence-corrected chi connectivity index (χ2v) is 7.04. The Kier molecular flexibility index (Phi) is 2.67. The topological polar surface area (TPSA) is 54.4 Å². The number of sulfone groups is 1. The third-order valence-electron chi connectivity index (χ3n) is 2.78. The van der Waals surface area contributed by atoms with Crippen LogP contribution in [0.5, 0.6) is 0 Å². The molecule has 0 fully saturated rings. The molecule has 1 aliphatic rings. The summed E-state index contributed by atoms with van der Waals surface area (Å²) in [5.41, 5.74) is 0.461. The molecular formula is C13H16O3S. The van der Waals surface area contributed by atoms with Crippen molar-refractivity contribution in [1.29, 1.82) is 0 Å². The summed E-state index contributed by atoms with van der Waals surface area (Å²) in [5.74, 6) is 0. The molecule has 0 radical (unpaired) electrons. The van der Waals surface area contributed by atoms with Gasteiger partial charge in [-0.25, -0.2) is 8.42 Å². The summed E-state index contributed by atoms with van der Waals surface area (Å²) in [5, 5.41) is 9.75. The molecule has 2 rings (SSSR count). The van der Waals surface area contributed by atoms with Crippen LogP contribution in [0.3, 0.4) is 0 Å². The van der Waals surface area contributed by atoms with Crippen LogP contribution in [0.15, 0.2) is 28.0 Å². The number of aliphatic hydroxyl groups is 1. The van der Waals surface area contributed by atoms with Crippen LogP contribution in [-0.2, 0) is 9.84 Å². The molecule has 1 N–H and O–H groups in total. The van der Waals surface area contributed by atoms with E-state index in [2.05, 4.69) is 0 Å². The minimum atomic E-state index is -3.41.